The summed E-state index contributed by atoms with van der Waals surface area (Å²) in [6.07, 6.45) is 0. The number of hydrogen-bond donors (Lipinski definition) is 2. The highest BCUT2D eigenvalue weighted by Crippen LogP contribution is 2.28. The molecule has 132 valence electrons. The summed E-state index contributed by atoms with van der Waals surface area (Å²) in [5.74, 6) is -1.14. The van der Waals surface area contributed by atoms with E-state index >= 15 is 0 Å². The summed E-state index contributed by atoms with van der Waals surface area (Å²) in [5.41, 5.74) is -0.0798. The van der Waals surface area contributed by atoms with E-state index in [0.717, 1.165) is 6.07 Å². The summed E-state index contributed by atoms with van der Waals surface area (Å²) in [4.78, 5) is 22.7. The summed E-state index contributed by atoms with van der Waals surface area (Å²) in [5, 5.41) is 23.2. The Kier molecular flexibility index (Phi) is 5.07. The summed E-state index contributed by atoms with van der Waals surface area (Å²) in [7, 11) is -3.52. The van der Waals surface area contributed by atoms with Gasteiger partial charge in [-0.05, 0) is 31.2 Å². The van der Waals surface area contributed by atoms with E-state index in [-0.39, 0.29) is 38.9 Å². The van der Waals surface area contributed by atoms with E-state index in [2.05, 4.69) is 5.32 Å². The average Bonchev–Trinajstić information content (AvgIpc) is 2.56. The van der Waals surface area contributed by atoms with E-state index in [1.54, 1.807) is 0 Å². The first kappa shape index (κ1) is 18.4. The van der Waals surface area contributed by atoms with Crippen LogP contribution in [0, 0.1) is 17.0 Å². The average molecular weight is 364 g/mol. The number of aromatic hydroxyl groups is 1. The predicted octanol–water partition coefficient (Wildman–Crippen LogP) is 2.65. The van der Waals surface area contributed by atoms with Crippen molar-refractivity contribution in [2.45, 2.75) is 18.7 Å². The Hall–Kier alpha value is -2.94. The molecule has 0 aliphatic carbocycles. The van der Waals surface area contributed by atoms with Gasteiger partial charge in [0.1, 0.15) is 5.75 Å². The molecule has 1 amide bonds. The van der Waals surface area contributed by atoms with E-state index in [0.29, 0.717) is 0 Å². The van der Waals surface area contributed by atoms with Crippen molar-refractivity contribution in [3.63, 3.8) is 0 Å². The van der Waals surface area contributed by atoms with Gasteiger partial charge in [0.15, 0.2) is 9.84 Å². The lowest BCUT2D eigenvalue weighted by molar-refractivity contribution is -0.385. The molecular weight excluding hydrogens is 348 g/mol. The van der Waals surface area contributed by atoms with E-state index < -0.39 is 20.7 Å². The highest BCUT2D eigenvalue weighted by molar-refractivity contribution is 7.91. The fourth-order valence-electron chi connectivity index (χ4n) is 2.23. The molecule has 0 aliphatic heterocycles. The molecule has 9 heteroatoms. The molecule has 2 N–H and O–H groups in total. The third kappa shape index (κ3) is 3.77. The van der Waals surface area contributed by atoms with Crippen LogP contribution in [0.25, 0.3) is 0 Å². The minimum absolute atomic E-state index is 0.0427. The van der Waals surface area contributed by atoms with Crippen molar-refractivity contribution in [3.8, 4) is 5.75 Å². The van der Waals surface area contributed by atoms with Gasteiger partial charge in [0.25, 0.3) is 11.6 Å². The second-order valence-electron chi connectivity index (χ2n) is 5.24. The van der Waals surface area contributed by atoms with Crippen molar-refractivity contribution < 1.29 is 23.2 Å². The SMILES string of the molecule is CCS(=O)(=O)c1ccc(O)c(NC(=O)c2cccc([N+](=O)[O-])c2C)c1. The smallest absolute Gasteiger partial charge is 0.273 e. The number of nitrogens with zero attached hydrogens (tertiary/aromatic N) is 1. The lowest BCUT2D eigenvalue weighted by atomic mass is 10.1. The normalized spacial score (nSPS) is 11.1. The zero-order valence-electron chi connectivity index (χ0n) is 13.5. The summed E-state index contributed by atoms with van der Waals surface area (Å²) >= 11 is 0. The van der Waals surface area contributed by atoms with E-state index in [4.69, 9.17) is 0 Å². The van der Waals surface area contributed by atoms with Gasteiger partial charge in [-0.1, -0.05) is 13.0 Å². The van der Waals surface area contributed by atoms with Crippen LogP contribution in [0.15, 0.2) is 41.3 Å². The Balaban J connectivity index is 2.41. The maximum Gasteiger partial charge on any atom is 0.273 e. The van der Waals surface area contributed by atoms with Crippen LogP contribution < -0.4 is 5.32 Å². The molecular formula is C16H16N2O6S. The van der Waals surface area contributed by atoms with Gasteiger partial charge < -0.3 is 10.4 Å². The van der Waals surface area contributed by atoms with Gasteiger partial charge in [-0.2, -0.15) is 0 Å². The number of nitro groups is 1. The minimum atomic E-state index is -3.52. The van der Waals surface area contributed by atoms with Gasteiger partial charge in [0.2, 0.25) is 0 Å². The molecule has 0 heterocycles. The van der Waals surface area contributed by atoms with Crippen molar-refractivity contribution in [2.75, 3.05) is 11.1 Å². The van der Waals surface area contributed by atoms with Crippen molar-refractivity contribution in [1.29, 1.82) is 0 Å². The number of hydrogen-bond acceptors (Lipinski definition) is 6. The Morgan fingerprint density at radius 3 is 2.56 bits per heavy atom. The number of amides is 1. The lowest BCUT2D eigenvalue weighted by Gasteiger charge is -2.11. The van der Waals surface area contributed by atoms with Gasteiger partial charge in [-0.3, -0.25) is 14.9 Å². The van der Waals surface area contributed by atoms with Gasteiger partial charge in [0, 0.05) is 17.2 Å². The minimum Gasteiger partial charge on any atom is -0.506 e. The van der Waals surface area contributed by atoms with Crippen molar-refractivity contribution in [3.05, 3.63) is 57.6 Å². The summed E-state index contributed by atoms with van der Waals surface area (Å²) < 4.78 is 23.8. The molecule has 0 bridgehead atoms. The number of nitro benzene ring substituents is 1. The fraction of sp³-hybridized carbons (Fsp3) is 0.188. The van der Waals surface area contributed by atoms with Crippen LogP contribution >= 0.6 is 0 Å². The number of phenolic OH excluding ortho intramolecular Hbond substituents is 1. The Morgan fingerprint density at radius 1 is 1.28 bits per heavy atom. The second-order valence-corrected chi connectivity index (χ2v) is 7.52. The van der Waals surface area contributed by atoms with Crippen molar-refractivity contribution >= 4 is 27.1 Å². The number of nitrogens with one attached hydrogen (secondary N) is 1. The molecule has 0 spiro atoms. The molecule has 0 saturated heterocycles. The van der Waals surface area contributed by atoms with Crippen molar-refractivity contribution in [1.82, 2.24) is 0 Å². The molecule has 0 unspecified atom stereocenters. The highest BCUT2D eigenvalue weighted by Gasteiger charge is 2.20. The molecule has 2 aromatic carbocycles. The fourth-order valence-corrected chi connectivity index (χ4v) is 3.14. The Morgan fingerprint density at radius 2 is 1.96 bits per heavy atom. The van der Waals surface area contributed by atoms with Gasteiger partial charge >= 0.3 is 0 Å². The highest BCUT2D eigenvalue weighted by atomic mass is 32.2. The molecule has 25 heavy (non-hydrogen) atoms. The lowest BCUT2D eigenvalue weighted by Crippen LogP contribution is -2.15. The summed E-state index contributed by atoms with van der Waals surface area (Å²) in [6.45, 7) is 2.91. The molecule has 2 aromatic rings. The van der Waals surface area contributed by atoms with E-state index in [1.165, 1.54) is 44.2 Å². The maximum atomic E-state index is 12.4. The van der Waals surface area contributed by atoms with Crippen LogP contribution in [0.3, 0.4) is 0 Å². The standard InChI is InChI=1S/C16H16N2O6S/c1-3-25(23,24)11-7-8-15(19)13(9-11)17-16(20)12-5-4-6-14(10(12)2)18(21)22/h4-9,19H,3H2,1-2H3,(H,17,20). The van der Waals surface area contributed by atoms with Crippen LogP contribution in [-0.4, -0.2) is 30.1 Å². The van der Waals surface area contributed by atoms with Gasteiger partial charge in [-0.25, -0.2) is 8.42 Å². The zero-order chi connectivity index (χ0) is 18.8. The molecule has 0 atom stereocenters. The number of sulfone groups is 1. The van der Waals surface area contributed by atoms with Crippen LogP contribution in [-0.2, 0) is 9.84 Å². The molecule has 8 nitrogen and oxygen atoms in total. The number of benzene rings is 2. The Labute approximate surface area is 144 Å². The van der Waals surface area contributed by atoms with Crippen molar-refractivity contribution in [2.24, 2.45) is 0 Å². The number of anilines is 1. The topological polar surface area (TPSA) is 127 Å². The maximum absolute atomic E-state index is 12.4. The largest absolute Gasteiger partial charge is 0.506 e. The molecule has 0 aliphatic rings. The third-order valence-corrected chi connectivity index (χ3v) is 5.43. The monoisotopic (exact) mass is 364 g/mol. The molecule has 0 fully saturated rings. The Bertz CT molecular complexity index is 953. The first-order valence-corrected chi connectivity index (χ1v) is 8.93. The van der Waals surface area contributed by atoms with Crippen LogP contribution in [0.2, 0.25) is 0 Å². The van der Waals surface area contributed by atoms with Crippen LogP contribution in [0.4, 0.5) is 11.4 Å². The number of phenols is 1. The summed E-state index contributed by atoms with van der Waals surface area (Å²) in [6, 6.07) is 7.61. The van der Waals surface area contributed by atoms with Gasteiger partial charge in [0.05, 0.1) is 21.3 Å². The van der Waals surface area contributed by atoms with Crippen LogP contribution in [0.5, 0.6) is 5.75 Å². The van der Waals surface area contributed by atoms with E-state index in [9.17, 15) is 28.4 Å². The molecule has 0 saturated carbocycles. The number of carbonyl (C=O) groups is 1. The molecule has 0 radical (unpaired) electrons. The van der Waals surface area contributed by atoms with Gasteiger partial charge in [-0.15, -0.1) is 0 Å². The molecule has 2 rings (SSSR count). The quantitative estimate of drug-likeness (QED) is 0.477. The first-order valence-electron chi connectivity index (χ1n) is 7.28. The first-order chi connectivity index (χ1) is 11.7. The van der Waals surface area contributed by atoms with Crippen LogP contribution in [0.1, 0.15) is 22.8 Å². The molecule has 0 aromatic heterocycles. The third-order valence-electron chi connectivity index (χ3n) is 3.70. The number of rotatable bonds is 5. The second kappa shape index (κ2) is 6.89. The van der Waals surface area contributed by atoms with E-state index in [1.807, 2.05) is 0 Å². The number of carbonyl (C=O) groups excluding carboxylic acids is 1. The zero-order valence-corrected chi connectivity index (χ0v) is 14.3. The predicted molar refractivity (Wildman–Crippen MR) is 91.6 cm³/mol.